The number of hydrogen-bond donors (Lipinski definition) is 1. The Morgan fingerprint density at radius 2 is 1.81 bits per heavy atom. The van der Waals surface area contributed by atoms with Gasteiger partial charge in [-0.2, -0.15) is 0 Å². The normalized spacial score (nSPS) is 12.0. The fourth-order valence-corrected chi connectivity index (χ4v) is 4.30. The number of thioether (sulfide) groups is 1. The van der Waals surface area contributed by atoms with E-state index in [2.05, 4.69) is 5.32 Å². The van der Waals surface area contributed by atoms with Crippen LogP contribution in [0.25, 0.3) is 16.6 Å². The minimum atomic E-state index is -0.488. The van der Waals surface area contributed by atoms with E-state index in [0.29, 0.717) is 26.8 Å². The maximum absolute atomic E-state index is 13.3. The van der Waals surface area contributed by atoms with E-state index in [0.717, 1.165) is 11.3 Å². The van der Waals surface area contributed by atoms with Gasteiger partial charge in [0.2, 0.25) is 5.91 Å². The first-order valence-corrected chi connectivity index (χ1v) is 11.0. The molecule has 5 nitrogen and oxygen atoms in total. The summed E-state index contributed by atoms with van der Waals surface area (Å²) in [7, 11) is 0. The standard InChI is InChI=1S/C24H20ClN3O2S/c1-15-8-3-5-12-20(15)26-22(29)16(2)31-24-27-21-13-6-4-11-19(21)23(30)28(24)18-10-7-9-17(25)14-18/h3-14,16H,1-2H3,(H,26,29). The van der Waals surface area contributed by atoms with Gasteiger partial charge in [-0.1, -0.05) is 59.8 Å². The smallest absolute Gasteiger partial charge is 0.266 e. The Kier molecular flexibility index (Phi) is 6.11. The second-order valence-electron chi connectivity index (χ2n) is 7.10. The van der Waals surface area contributed by atoms with Gasteiger partial charge in [0.15, 0.2) is 5.16 Å². The lowest BCUT2D eigenvalue weighted by Gasteiger charge is -2.17. The van der Waals surface area contributed by atoms with Crippen molar-refractivity contribution in [2.45, 2.75) is 24.3 Å². The Bertz CT molecular complexity index is 1340. The summed E-state index contributed by atoms with van der Waals surface area (Å²) in [5.41, 5.74) is 2.72. The zero-order valence-electron chi connectivity index (χ0n) is 17.0. The quantitative estimate of drug-likeness (QED) is 0.324. The van der Waals surface area contributed by atoms with E-state index >= 15 is 0 Å². The van der Waals surface area contributed by atoms with E-state index in [1.165, 1.54) is 16.3 Å². The number of fused-ring (bicyclic) bond motifs is 1. The van der Waals surface area contributed by atoms with Crippen LogP contribution in [0.2, 0.25) is 5.02 Å². The Labute approximate surface area is 189 Å². The van der Waals surface area contributed by atoms with Crippen LogP contribution < -0.4 is 10.9 Å². The molecule has 4 aromatic rings. The molecule has 31 heavy (non-hydrogen) atoms. The lowest BCUT2D eigenvalue weighted by atomic mass is 10.2. The van der Waals surface area contributed by atoms with Gasteiger partial charge in [-0.25, -0.2) is 4.98 Å². The molecule has 156 valence electrons. The Morgan fingerprint density at radius 3 is 2.58 bits per heavy atom. The van der Waals surface area contributed by atoms with Gasteiger partial charge < -0.3 is 5.32 Å². The molecule has 0 spiro atoms. The summed E-state index contributed by atoms with van der Waals surface area (Å²) in [5, 5.41) is 3.91. The Balaban J connectivity index is 1.74. The molecule has 0 saturated carbocycles. The van der Waals surface area contributed by atoms with Gasteiger partial charge in [-0.3, -0.25) is 14.2 Å². The molecule has 0 radical (unpaired) electrons. The van der Waals surface area contributed by atoms with Crippen molar-refractivity contribution in [2.75, 3.05) is 5.32 Å². The average Bonchev–Trinajstić information content (AvgIpc) is 2.75. The zero-order valence-corrected chi connectivity index (χ0v) is 18.6. The number of carbonyl (C=O) groups is 1. The molecule has 0 aliphatic rings. The maximum atomic E-state index is 13.3. The Hall–Kier alpha value is -3.09. The van der Waals surface area contributed by atoms with Crippen molar-refractivity contribution in [3.63, 3.8) is 0 Å². The van der Waals surface area contributed by atoms with Crippen LogP contribution in [-0.2, 0) is 4.79 Å². The number of hydrogen-bond acceptors (Lipinski definition) is 4. The van der Waals surface area contributed by atoms with Crippen LogP contribution in [0.1, 0.15) is 12.5 Å². The number of halogens is 1. The fraction of sp³-hybridized carbons (Fsp3) is 0.125. The summed E-state index contributed by atoms with van der Waals surface area (Å²) < 4.78 is 1.51. The number of aromatic nitrogens is 2. The molecule has 1 N–H and O–H groups in total. The second-order valence-corrected chi connectivity index (χ2v) is 8.84. The van der Waals surface area contributed by atoms with Crippen LogP contribution in [-0.4, -0.2) is 20.7 Å². The van der Waals surface area contributed by atoms with E-state index in [1.54, 1.807) is 49.4 Å². The van der Waals surface area contributed by atoms with E-state index in [4.69, 9.17) is 16.6 Å². The first-order valence-electron chi connectivity index (χ1n) is 9.75. The number of amides is 1. The maximum Gasteiger partial charge on any atom is 0.266 e. The van der Waals surface area contributed by atoms with Crippen molar-refractivity contribution in [2.24, 2.45) is 0 Å². The first kappa shape index (κ1) is 21.2. The van der Waals surface area contributed by atoms with Crippen molar-refractivity contribution in [3.8, 4) is 5.69 Å². The molecule has 0 saturated heterocycles. The van der Waals surface area contributed by atoms with Gasteiger partial charge in [-0.05, 0) is 55.8 Å². The molecule has 0 aliphatic carbocycles. The van der Waals surface area contributed by atoms with Gasteiger partial charge in [0.25, 0.3) is 5.56 Å². The van der Waals surface area contributed by atoms with E-state index in [1.807, 2.05) is 37.3 Å². The third-order valence-electron chi connectivity index (χ3n) is 4.87. The van der Waals surface area contributed by atoms with Crippen molar-refractivity contribution >= 4 is 45.9 Å². The van der Waals surface area contributed by atoms with Gasteiger partial charge >= 0.3 is 0 Å². The number of nitrogens with one attached hydrogen (secondary N) is 1. The molecule has 3 aromatic carbocycles. The molecule has 0 aliphatic heterocycles. The second kappa shape index (κ2) is 8.96. The predicted octanol–water partition coefficient (Wildman–Crippen LogP) is 5.47. The molecule has 0 bridgehead atoms. The van der Waals surface area contributed by atoms with E-state index in [9.17, 15) is 9.59 Å². The van der Waals surface area contributed by atoms with E-state index in [-0.39, 0.29) is 11.5 Å². The molecular formula is C24H20ClN3O2S. The number of anilines is 1. The highest BCUT2D eigenvalue weighted by atomic mass is 35.5. The average molecular weight is 450 g/mol. The lowest BCUT2D eigenvalue weighted by Crippen LogP contribution is -2.26. The lowest BCUT2D eigenvalue weighted by molar-refractivity contribution is -0.115. The van der Waals surface area contributed by atoms with Crippen LogP contribution >= 0.6 is 23.4 Å². The zero-order chi connectivity index (χ0) is 22.0. The summed E-state index contributed by atoms with van der Waals surface area (Å²) in [4.78, 5) is 30.9. The largest absolute Gasteiger partial charge is 0.325 e. The topological polar surface area (TPSA) is 64.0 Å². The highest BCUT2D eigenvalue weighted by Gasteiger charge is 2.21. The third-order valence-corrected chi connectivity index (χ3v) is 6.15. The van der Waals surface area contributed by atoms with Crippen LogP contribution in [0.15, 0.2) is 82.7 Å². The van der Waals surface area contributed by atoms with Crippen molar-refractivity contribution < 1.29 is 4.79 Å². The summed E-state index contributed by atoms with van der Waals surface area (Å²) in [6.07, 6.45) is 0. The van der Waals surface area contributed by atoms with Gasteiger partial charge in [0.1, 0.15) is 0 Å². The van der Waals surface area contributed by atoms with Crippen LogP contribution in [0.5, 0.6) is 0 Å². The molecule has 1 unspecified atom stereocenters. The SMILES string of the molecule is Cc1ccccc1NC(=O)C(C)Sc1nc2ccccc2c(=O)n1-c1cccc(Cl)c1. The highest BCUT2D eigenvalue weighted by molar-refractivity contribution is 8.00. The third kappa shape index (κ3) is 4.50. The van der Waals surface area contributed by atoms with Crippen molar-refractivity contribution in [3.05, 3.63) is 93.7 Å². The van der Waals surface area contributed by atoms with Crippen LogP contribution in [0, 0.1) is 6.92 Å². The number of carbonyl (C=O) groups excluding carboxylic acids is 1. The molecule has 0 fully saturated rings. The minimum absolute atomic E-state index is 0.167. The van der Waals surface area contributed by atoms with E-state index < -0.39 is 5.25 Å². The molecule has 1 amide bonds. The predicted molar refractivity (Wildman–Crippen MR) is 127 cm³/mol. The van der Waals surface area contributed by atoms with Gasteiger partial charge in [0.05, 0.1) is 21.8 Å². The number of aryl methyl sites for hydroxylation is 1. The molecular weight excluding hydrogens is 430 g/mol. The minimum Gasteiger partial charge on any atom is -0.325 e. The molecule has 4 rings (SSSR count). The molecule has 1 heterocycles. The van der Waals surface area contributed by atoms with Crippen molar-refractivity contribution in [1.82, 2.24) is 9.55 Å². The number of nitrogens with zero attached hydrogens (tertiary/aromatic N) is 2. The van der Waals surface area contributed by atoms with Crippen LogP contribution in [0.4, 0.5) is 5.69 Å². The summed E-state index contributed by atoms with van der Waals surface area (Å²) in [5.74, 6) is -0.167. The molecule has 7 heteroatoms. The van der Waals surface area contributed by atoms with Crippen molar-refractivity contribution in [1.29, 1.82) is 0 Å². The molecule has 1 atom stereocenters. The van der Waals surface area contributed by atoms with Gasteiger partial charge in [-0.15, -0.1) is 0 Å². The molecule has 1 aromatic heterocycles. The summed E-state index contributed by atoms with van der Waals surface area (Å²) in [6.45, 7) is 3.73. The number of benzene rings is 3. The Morgan fingerprint density at radius 1 is 1.06 bits per heavy atom. The van der Waals surface area contributed by atoms with Gasteiger partial charge in [0, 0.05) is 10.7 Å². The summed E-state index contributed by atoms with van der Waals surface area (Å²) in [6, 6.07) is 21.8. The fourth-order valence-electron chi connectivity index (χ4n) is 3.19. The highest BCUT2D eigenvalue weighted by Crippen LogP contribution is 2.27. The number of para-hydroxylation sites is 2. The first-order chi connectivity index (χ1) is 14.9. The number of rotatable bonds is 5. The van der Waals surface area contributed by atoms with Crippen LogP contribution in [0.3, 0.4) is 0 Å². The summed E-state index contributed by atoms with van der Waals surface area (Å²) >= 11 is 7.40. The monoisotopic (exact) mass is 449 g/mol.